The summed E-state index contributed by atoms with van der Waals surface area (Å²) in [7, 11) is 0. The molecule has 0 aliphatic carbocycles. The SMILES string of the molecule is Cl.O=C(O)C1CCN(Cc2nc(Cc3cccc(Br)c3)no2)C1. The number of halogens is 2. The number of likely N-dealkylation sites (tertiary alicyclic amines) is 1. The van der Waals surface area contributed by atoms with Crippen molar-refractivity contribution in [3.05, 3.63) is 46.0 Å². The highest BCUT2D eigenvalue weighted by Crippen LogP contribution is 2.19. The third-order valence-corrected chi connectivity index (χ3v) is 4.24. The molecule has 1 aromatic heterocycles. The largest absolute Gasteiger partial charge is 0.481 e. The van der Waals surface area contributed by atoms with E-state index < -0.39 is 5.97 Å². The minimum atomic E-state index is -0.733. The molecule has 1 aliphatic heterocycles. The summed E-state index contributed by atoms with van der Waals surface area (Å²) in [4.78, 5) is 17.4. The molecular formula is C15H17BrClN3O3. The van der Waals surface area contributed by atoms with Crippen molar-refractivity contribution < 1.29 is 14.4 Å². The molecule has 1 unspecified atom stereocenters. The number of carboxylic acids is 1. The highest BCUT2D eigenvalue weighted by molar-refractivity contribution is 9.10. The third kappa shape index (κ3) is 4.76. The summed E-state index contributed by atoms with van der Waals surface area (Å²) in [5.74, 6) is 0.158. The summed E-state index contributed by atoms with van der Waals surface area (Å²) >= 11 is 3.44. The van der Waals surface area contributed by atoms with Gasteiger partial charge in [-0.05, 0) is 30.7 Å². The fourth-order valence-electron chi connectivity index (χ4n) is 2.62. The van der Waals surface area contributed by atoms with Crippen molar-refractivity contribution in [1.82, 2.24) is 15.0 Å². The maximum atomic E-state index is 11.0. The van der Waals surface area contributed by atoms with Gasteiger partial charge >= 0.3 is 5.97 Å². The topological polar surface area (TPSA) is 79.5 Å². The maximum absolute atomic E-state index is 11.0. The molecule has 6 nitrogen and oxygen atoms in total. The smallest absolute Gasteiger partial charge is 0.307 e. The number of hydrogen-bond acceptors (Lipinski definition) is 5. The first kappa shape index (κ1) is 17.9. The average molecular weight is 403 g/mol. The molecule has 1 aromatic carbocycles. The van der Waals surface area contributed by atoms with Crippen molar-refractivity contribution in [2.24, 2.45) is 5.92 Å². The molecule has 23 heavy (non-hydrogen) atoms. The van der Waals surface area contributed by atoms with E-state index in [0.717, 1.165) is 16.6 Å². The van der Waals surface area contributed by atoms with Crippen molar-refractivity contribution in [1.29, 1.82) is 0 Å². The molecular weight excluding hydrogens is 386 g/mol. The first-order chi connectivity index (χ1) is 10.6. The van der Waals surface area contributed by atoms with Crippen LogP contribution in [-0.2, 0) is 17.8 Å². The van der Waals surface area contributed by atoms with Gasteiger partial charge in [-0.15, -0.1) is 12.4 Å². The Morgan fingerprint density at radius 2 is 2.30 bits per heavy atom. The van der Waals surface area contributed by atoms with Gasteiger partial charge in [0.25, 0.3) is 0 Å². The highest BCUT2D eigenvalue weighted by Gasteiger charge is 2.28. The van der Waals surface area contributed by atoms with E-state index in [1.54, 1.807) is 0 Å². The monoisotopic (exact) mass is 401 g/mol. The molecule has 1 atom stereocenters. The average Bonchev–Trinajstić information content (AvgIpc) is 3.09. The van der Waals surface area contributed by atoms with Gasteiger partial charge in [0.05, 0.1) is 12.5 Å². The number of carboxylic acid groups (broad SMARTS) is 1. The number of carbonyl (C=O) groups is 1. The zero-order valence-corrected chi connectivity index (χ0v) is 14.7. The molecule has 1 N–H and O–H groups in total. The first-order valence-electron chi connectivity index (χ1n) is 7.11. The van der Waals surface area contributed by atoms with Crippen LogP contribution in [0.1, 0.15) is 23.7 Å². The number of aromatic nitrogens is 2. The van der Waals surface area contributed by atoms with E-state index in [-0.39, 0.29) is 18.3 Å². The van der Waals surface area contributed by atoms with E-state index in [4.69, 9.17) is 9.63 Å². The molecule has 124 valence electrons. The van der Waals surface area contributed by atoms with E-state index in [0.29, 0.717) is 37.6 Å². The quantitative estimate of drug-likeness (QED) is 0.828. The molecule has 3 rings (SSSR count). The lowest BCUT2D eigenvalue weighted by atomic mass is 10.1. The predicted molar refractivity (Wildman–Crippen MR) is 89.5 cm³/mol. The van der Waals surface area contributed by atoms with Crippen LogP contribution in [0.4, 0.5) is 0 Å². The summed E-state index contributed by atoms with van der Waals surface area (Å²) in [5, 5.41) is 13.0. The standard InChI is InChI=1S/C15H16BrN3O3.ClH/c16-12-3-1-2-10(6-12)7-13-17-14(22-18-13)9-19-5-4-11(8-19)15(20)21;/h1-3,6,11H,4-5,7-9H2,(H,20,21);1H. The minimum Gasteiger partial charge on any atom is -0.481 e. The summed E-state index contributed by atoms with van der Waals surface area (Å²) in [6.45, 7) is 1.80. The Labute approximate surface area is 148 Å². The number of nitrogens with zero attached hydrogens (tertiary/aromatic N) is 3. The van der Waals surface area contributed by atoms with Crippen LogP contribution in [0.2, 0.25) is 0 Å². The second-order valence-corrected chi connectivity index (χ2v) is 6.39. The molecule has 1 saturated heterocycles. The van der Waals surface area contributed by atoms with Crippen LogP contribution in [-0.4, -0.2) is 39.2 Å². The summed E-state index contributed by atoms with van der Waals surface area (Å²) in [6.07, 6.45) is 1.29. The van der Waals surface area contributed by atoms with Crippen LogP contribution in [0.3, 0.4) is 0 Å². The van der Waals surface area contributed by atoms with E-state index in [9.17, 15) is 4.79 Å². The second-order valence-electron chi connectivity index (χ2n) is 5.47. The Morgan fingerprint density at radius 3 is 3.00 bits per heavy atom. The van der Waals surface area contributed by atoms with Crippen LogP contribution in [0.15, 0.2) is 33.3 Å². The molecule has 0 amide bonds. The second kappa shape index (κ2) is 7.90. The predicted octanol–water partition coefficient (Wildman–Crippen LogP) is 2.75. The number of hydrogen-bond donors (Lipinski definition) is 1. The molecule has 0 spiro atoms. The van der Waals surface area contributed by atoms with E-state index >= 15 is 0 Å². The van der Waals surface area contributed by atoms with Gasteiger partial charge in [0, 0.05) is 17.4 Å². The lowest BCUT2D eigenvalue weighted by Gasteiger charge is -2.11. The Balaban J connectivity index is 0.00000192. The van der Waals surface area contributed by atoms with Gasteiger partial charge in [-0.1, -0.05) is 33.2 Å². The molecule has 2 heterocycles. The van der Waals surface area contributed by atoms with Crippen molar-refractivity contribution in [2.75, 3.05) is 13.1 Å². The molecule has 2 aromatic rings. The fraction of sp³-hybridized carbons (Fsp3) is 0.400. The maximum Gasteiger partial charge on any atom is 0.307 e. The number of aliphatic carboxylic acids is 1. The van der Waals surface area contributed by atoms with E-state index in [1.165, 1.54) is 0 Å². The van der Waals surface area contributed by atoms with Crippen LogP contribution < -0.4 is 0 Å². The fourth-order valence-corrected chi connectivity index (χ4v) is 3.07. The molecule has 1 fully saturated rings. The van der Waals surface area contributed by atoms with Gasteiger partial charge < -0.3 is 9.63 Å². The Hall–Kier alpha value is -1.44. The number of benzene rings is 1. The molecule has 0 radical (unpaired) electrons. The van der Waals surface area contributed by atoms with Crippen molar-refractivity contribution >= 4 is 34.3 Å². The Bertz CT molecular complexity index is 679. The Kier molecular flexibility index (Phi) is 6.15. The van der Waals surface area contributed by atoms with Gasteiger partial charge in [-0.3, -0.25) is 9.69 Å². The first-order valence-corrected chi connectivity index (χ1v) is 7.90. The zero-order chi connectivity index (χ0) is 15.5. The summed E-state index contributed by atoms with van der Waals surface area (Å²) in [5.41, 5.74) is 1.11. The van der Waals surface area contributed by atoms with Gasteiger partial charge in [0.2, 0.25) is 5.89 Å². The van der Waals surface area contributed by atoms with E-state index in [1.807, 2.05) is 29.2 Å². The third-order valence-electron chi connectivity index (χ3n) is 3.74. The van der Waals surface area contributed by atoms with Crippen molar-refractivity contribution in [2.45, 2.75) is 19.4 Å². The van der Waals surface area contributed by atoms with Crippen molar-refractivity contribution in [3.63, 3.8) is 0 Å². The van der Waals surface area contributed by atoms with Gasteiger partial charge in [0.15, 0.2) is 5.82 Å². The summed E-state index contributed by atoms with van der Waals surface area (Å²) in [6, 6.07) is 7.97. The molecule has 0 saturated carbocycles. The van der Waals surface area contributed by atoms with Gasteiger partial charge in [0.1, 0.15) is 0 Å². The number of rotatable bonds is 5. The lowest BCUT2D eigenvalue weighted by molar-refractivity contribution is -0.141. The van der Waals surface area contributed by atoms with Crippen molar-refractivity contribution in [3.8, 4) is 0 Å². The van der Waals surface area contributed by atoms with Gasteiger partial charge in [-0.25, -0.2) is 0 Å². The zero-order valence-electron chi connectivity index (χ0n) is 12.3. The molecule has 8 heteroatoms. The minimum absolute atomic E-state index is 0. The molecule has 0 bridgehead atoms. The van der Waals surface area contributed by atoms with Crippen LogP contribution >= 0.6 is 28.3 Å². The lowest BCUT2D eigenvalue weighted by Crippen LogP contribution is -2.22. The van der Waals surface area contributed by atoms with Crippen LogP contribution in [0.5, 0.6) is 0 Å². The van der Waals surface area contributed by atoms with Gasteiger partial charge in [-0.2, -0.15) is 4.98 Å². The Morgan fingerprint density at radius 1 is 1.48 bits per heavy atom. The van der Waals surface area contributed by atoms with E-state index in [2.05, 4.69) is 26.1 Å². The van der Waals surface area contributed by atoms with Crippen LogP contribution in [0, 0.1) is 5.92 Å². The summed E-state index contributed by atoms with van der Waals surface area (Å²) < 4.78 is 6.28. The van der Waals surface area contributed by atoms with Crippen LogP contribution in [0.25, 0.3) is 0 Å². The highest BCUT2D eigenvalue weighted by atomic mass is 79.9. The molecule has 1 aliphatic rings. The normalized spacial score (nSPS) is 17.9.